The molecule has 0 radical (unpaired) electrons. The highest BCUT2D eigenvalue weighted by atomic mass is 16.3. The van der Waals surface area contributed by atoms with Gasteiger partial charge in [0.15, 0.2) is 5.78 Å². The van der Waals surface area contributed by atoms with Crippen LogP contribution in [0.15, 0.2) is 12.3 Å². The molecule has 0 unspecified atom stereocenters. The van der Waals surface area contributed by atoms with Crippen LogP contribution in [0.5, 0.6) is 0 Å². The van der Waals surface area contributed by atoms with Gasteiger partial charge < -0.3 is 5.11 Å². The molecule has 1 heterocycles. The third-order valence-electron chi connectivity index (χ3n) is 1.75. The molecule has 0 amide bonds. The number of aromatic nitrogens is 2. The third kappa shape index (κ3) is 2.39. The van der Waals surface area contributed by atoms with E-state index in [1.807, 2.05) is 13.8 Å². The standard InChI is InChI=1S/C9H14N2O2/c1-7(2)9(13)8-3-4-11(10-8)5-6-12/h3-4,7,12H,5-6H2,1-2H3. The second-order valence-corrected chi connectivity index (χ2v) is 3.21. The van der Waals surface area contributed by atoms with E-state index in [1.165, 1.54) is 0 Å². The lowest BCUT2D eigenvalue weighted by atomic mass is 10.1. The summed E-state index contributed by atoms with van der Waals surface area (Å²) in [4.78, 5) is 11.4. The third-order valence-corrected chi connectivity index (χ3v) is 1.75. The Kier molecular flexibility index (Phi) is 3.19. The molecule has 0 bridgehead atoms. The number of aliphatic hydroxyl groups excluding tert-OH is 1. The van der Waals surface area contributed by atoms with Crippen LogP contribution in [0.2, 0.25) is 0 Å². The van der Waals surface area contributed by atoms with Gasteiger partial charge in [-0.2, -0.15) is 5.10 Å². The van der Waals surface area contributed by atoms with Crippen LogP contribution < -0.4 is 0 Å². The molecule has 1 aromatic rings. The van der Waals surface area contributed by atoms with E-state index < -0.39 is 0 Å². The van der Waals surface area contributed by atoms with E-state index in [0.29, 0.717) is 12.2 Å². The summed E-state index contributed by atoms with van der Waals surface area (Å²) in [6.45, 7) is 4.16. The van der Waals surface area contributed by atoms with Gasteiger partial charge in [0.25, 0.3) is 0 Å². The Morgan fingerprint density at radius 3 is 2.92 bits per heavy atom. The van der Waals surface area contributed by atoms with Crippen molar-refractivity contribution in [1.82, 2.24) is 9.78 Å². The predicted molar refractivity (Wildman–Crippen MR) is 48.5 cm³/mol. The first-order valence-corrected chi connectivity index (χ1v) is 4.33. The van der Waals surface area contributed by atoms with E-state index in [4.69, 9.17) is 5.11 Å². The summed E-state index contributed by atoms with van der Waals surface area (Å²) in [7, 11) is 0. The molecule has 1 N–H and O–H groups in total. The highest BCUT2D eigenvalue weighted by Crippen LogP contribution is 2.05. The van der Waals surface area contributed by atoms with Crippen molar-refractivity contribution in [3.05, 3.63) is 18.0 Å². The van der Waals surface area contributed by atoms with E-state index >= 15 is 0 Å². The largest absolute Gasteiger partial charge is 0.394 e. The van der Waals surface area contributed by atoms with Crippen molar-refractivity contribution < 1.29 is 9.90 Å². The highest BCUT2D eigenvalue weighted by molar-refractivity contribution is 5.95. The average molecular weight is 182 g/mol. The van der Waals surface area contributed by atoms with E-state index in [0.717, 1.165) is 0 Å². The fourth-order valence-electron chi connectivity index (χ4n) is 1.02. The Labute approximate surface area is 77.2 Å². The molecule has 1 rings (SSSR count). The predicted octanol–water partition coefficient (Wildman–Crippen LogP) is 0.714. The lowest BCUT2D eigenvalue weighted by Gasteiger charge is -1.99. The topological polar surface area (TPSA) is 55.1 Å². The van der Waals surface area contributed by atoms with Gasteiger partial charge in [0.1, 0.15) is 5.69 Å². The first kappa shape index (κ1) is 9.92. The Morgan fingerprint density at radius 1 is 1.69 bits per heavy atom. The molecular formula is C9H14N2O2. The van der Waals surface area contributed by atoms with Gasteiger partial charge >= 0.3 is 0 Å². The minimum absolute atomic E-state index is 0.0301. The molecule has 1 aromatic heterocycles. The zero-order valence-electron chi connectivity index (χ0n) is 7.90. The lowest BCUT2D eigenvalue weighted by Crippen LogP contribution is -2.10. The molecular weight excluding hydrogens is 168 g/mol. The Balaban J connectivity index is 2.73. The van der Waals surface area contributed by atoms with Gasteiger partial charge in [-0.25, -0.2) is 0 Å². The fourth-order valence-corrected chi connectivity index (χ4v) is 1.02. The summed E-state index contributed by atoms with van der Waals surface area (Å²) in [5.74, 6) is 0.00849. The zero-order valence-corrected chi connectivity index (χ0v) is 7.90. The van der Waals surface area contributed by atoms with Gasteiger partial charge in [-0.1, -0.05) is 13.8 Å². The Morgan fingerprint density at radius 2 is 2.38 bits per heavy atom. The van der Waals surface area contributed by atoms with Crippen molar-refractivity contribution in [2.24, 2.45) is 5.92 Å². The number of hydrogen-bond acceptors (Lipinski definition) is 3. The Hall–Kier alpha value is -1.16. The van der Waals surface area contributed by atoms with Crippen molar-refractivity contribution in [2.75, 3.05) is 6.61 Å². The maximum atomic E-state index is 11.4. The minimum Gasteiger partial charge on any atom is -0.394 e. The van der Waals surface area contributed by atoms with Crippen LogP contribution in [0.4, 0.5) is 0 Å². The number of hydrogen-bond donors (Lipinski definition) is 1. The number of carbonyl (C=O) groups excluding carboxylic acids is 1. The van der Waals surface area contributed by atoms with Crippen molar-refractivity contribution in [3.63, 3.8) is 0 Å². The zero-order chi connectivity index (χ0) is 9.84. The summed E-state index contributed by atoms with van der Waals surface area (Å²) in [6, 6.07) is 1.68. The second-order valence-electron chi connectivity index (χ2n) is 3.21. The molecule has 13 heavy (non-hydrogen) atoms. The van der Waals surface area contributed by atoms with Gasteiger partial charge in [0, 0.05) is 12.1 Å². The normalized spacial score (nSPS) is 10.8. The number of Topliss-reactive ketones (excluding diaryl/α,β-unsaturated/α-hetero) is 1. The molecule has 0 saturated carbocycles. The summed E-state index contributed by atoms with van der Waals surface area (Å²) in [5, 5.41) is 12.7. The van der Waals surface area contributed by atoms with Crippen LogP contribution in [-0.4, -0.2) is 27.3 Å². The van der Waals surface area contributed by atoms with Crippen molar-refractivity contribution in [1.29, 1.82) is 0 Å². The van der Waals surface area contributed by atoms with Crippen LogP contribution in [0.25, 0.3) is 0 Å². The van der Waals surface area contributed by atoms with Crippen LogP contribution in [0.3, 0.4) is 0 Å². The van der Waals surface area contributed by atoms with Gasteiger partial charge in [0.2, 0.25) is 0 Å². The first-order valence-electron chi connectivity index (χ1n) is 4.33. The van der Waals surface area contributed by atoms with E-state index in [9.17, 15) is 4.79 Å². The molecule has 4 nitrogen and oxygen atoms in total. The molecule has 0 aliphatic carbocycles. The summed E-state index contributed by atoms with van der Waals surface area (Å²) < 4.78 is 1.57. The summed E-state index contributed by atoms with van der Waals surface area (Å²) in [6.07, 6.45) is 1.70. The second kappa shape index (κ2) is 4.18. The van der Waals surface area contributed by atoms with Crippen LogP contribution in [-0.2, 0) is 6.54 Å². The maximum absolute atomic E-state index is 11.4. The number of nitrogens with zero attached hydrogens (tertiary/aromatic N) is 2. The monoisotopic (exact) mass is 182 g/mol. The lowest BCUT2D eigenvalue weighted by molar-refractivity contribution is 0.0933. The van der Waals surface area contributed by atoms with Crippen LogP contribution >= 0.6 is 0 Å². The van der Waals surface area contributed by atoms with Crippen LogP contribution in [0, 0.1) is 5.92 Å². The van der Waals surface area contributed by atoms with Crippen LogP contribution in [0.1, 0.15) is 24.3 Å². The Bertz CT molecular complexity index is 292. The molecule has 0 aromatic carbocycles. The molecule has 4 heteroatoms. The molecule has 0 aliphatic heterocycles. The molecule has 0 aliphatic rings. The number of ketones is 1. The quantitative estimate of drug-likeness (QED) is 0.698. The number of carbonyl (C=O) groups is 1. The van der Waals surface area contributed by atoms with E-state index in [2.05, 4.69) is 5.10 Å². The average Bonchev–Trinajstić information content (AvgIpc) is 2.52. The van der Waals surface area contributed by atoms with E-state index in [-0.39, 0.29) is 18.3 Å². The fraction of sp³-hybridized carbons (Fsp3) is 0.556. The molecule has 72 valence electrons. The SMILES string of the molecule is CC(C)C(=O)c1ccn(CCO)n1. The summed E-state index contributed by atoms with van der Waals surface area (Å²) >= 11 is 0. The minimum atomic E-state index is -0.0301. The van der Waals surface area contributed by atoms with Crippen molar-refractivity contribution >= 4 is 5.78 Å². The first-order chi connectivity index (χ1) is 6.15. The van der Waals surface area contributed by atoms with Gasteiger partial charge in [-0.3, -0.25) is 9.48 Å². The molecule has 0 fully saturated rings. The van der Waals surface area contributed by atoms with Crippen molar-refractivity contribution in [3.8, 4) is 0 Å². The number of aliphatic hydroxyl groups is 1. The maximum Gasteiger partial charge on any atom is 0.185 e. The van der Waals surface area contributed by atoms with E-state index in [1.54, 1.807) is 16.9 Å². The van der Waals surface area contributed by atoms with Gasteiger partial charge in [0.05, 0.1) is 13.2 Å². The van der Waals surface area contributed by atoms with Crippen molar-refractivity contribution in [2.45, 2.75) is 20.4 Å². The van der Waals surface area contributed by atoms with Gasteiger partial charge in [-0.15, -0.1) is 0 Å². The molecule has 0 spiro atoms. The highest BCUT2D eigenvalue weighted by Gasteiger charge is 2.12. The molecule has 0 atom stereocenters. The number of rotatable bonds is 4. The molecule has 0 saturated heterocycles. The summed E-state index contributed by atoms with van der Waals surface area (Å²) in [5.41, 5.74) is 0.475. The van der Waals surface area contributed by atoms with Gasteiger partial charge in [-0.05, 0) is 6.07 Å². The smallest absolute Gasteiger partial charge is 0.185 e.